The number of hydrogen-bond donors (Lipinski definition) is 1. The molecule has 4 aromatic rings. The van der Waals surface area contributed by atoms with Crippen molar-refractivity contribution in [3.05, 3.63) is 111 Å². The molecule has 1 aromatic heterocycles. The van der Waals surface area contributed by atoms with Crippen LogP contribution in [0.4, 0.5) is 0 Å². The maximum absolute atomic E-state index is 13.6. The summed E-state index contributed by atoms with van der Waals surface area (Å²) in [6.07, 6.45) is 4.36. The van der Waals surface area contributed by atoms with Crippen LogP contribution in [0.25, 0.3) is 22.4 Å². The third-order valence-electron chi connectivity index (χ3n) is 9.22. The van der Waals surface area contributed by atoms with Crippen molar-refractivity contribution >= 4 is 45.6 Å². The zero-order valence-electron chi connectivity index (χ0n) is 23.5. The quantitative estimate of drug-likeness (QED) is 0.141. The number of fused-ring (bicyclic) bond motifs is 4. The van der Waals surface area contributed by atoms with Crippen LogP contribution in [0.3, 0.4) is 0 Å². The summed E-state index contributed by atoms with van der Waals surface area (Å²) in [4.78, 5) is 29.5. The second-order valence-corrected chi connectivity index (χ2v) is 12.7. The molecule has 3 heterocycles. The first kappa shape index (κ1) is 26.9. The molecule has 3 aliphatic rings. The fraction of sp³-hybridized carbons (Fsp3) is 0.278. The molecule has 2 fully saturated rings. The predicted octanol–water partition coefficient (Wildman–Crippen LogP) is 7.46. The molecule has 42 heavy (non-hydrogen) atoms. The van der Waals surface area contributed by atoms with Gasteiger partial charge >= 0.3 is 0 Å². The number of imide groups is 1. The number of nitrogens with zero attached hydrogens (tertiary/aromatic N) is 1. The van der Waals surface area contributed by atoms with Gasteiger partial charge in [-0.05, 0) is 71.4 Å². The van der Waals surface area contributed by atoms with Crippen LogP contribution >= 0.6 is 11.3 Å². The lowest BCUT2D eigenvalue weighted by atomic mass is 9.70. The van der Waals surface area contributed by atoms with Gasteiger partial charge in [0.1, 0.15) is 5.75 Å². The number of thiophene rings is 1. The molecule has 6 heteroatoms. The first-order chi connectivity index (χ1) is 20.5. The lowest BCUT2D eigenvalue weighted by Crippen LogP contribution is -2.34. The average molecular weight is 576 g/mol. The molecular weight excluding hydrogens is 542 g/mol. The molecule has 7 rings (SSSR count). The van der Waals surface area contributed by atoms with Gasteiger partial charge in [-0.2, -0.15) is 0 Å². The van der Waals surface area contributed by atoms with E-state index in [2.05, 4.69) is 37.3 Å². The number of aromatic hydroxyl groups is 1. The van der Waals surface area contributed by atoms with Gasteiger partial charge in [0.25, 0.3) is 0 Å². The van der Waals surface area contributed by atoms with Crippen LogP contribution in [0.2, 0.25) is 0 Å². The number of carbonyl (C=O) groups excluding carboxylic acids is 2. The van der Waals surface area contributed by atoms with Crippen molar-refractivity contribution in [1.29, 1.82) is 0 Å². The molecule has 0 unspecified atom stereocenters. The van der Waals surface area contributed by atoms with Gasteiger partial charge in [-0.3, -0.25) is 14.5 Å². The zero-order chi connectivity index (χ0) is 28.8. The Morgan fingerprint density at radius 2 is 1.74 bits per heavy atom. The van der Waals surface area contributed by atoms with Gasteiger partial charge in [-0.15, -0.1) is 11.3 Å². The number of allylic oxidation sites excluding steroid dienone is 2. The molecule has 0 saturated carbocycles. The van der Waals surface area contributed by atoms with Crippen LogP contribution in [-0.2, 0) is 20.9 Å². The number of hydrogen-bond acceptors (Lipinski definition) is 5. The summed E-state index contributed by atoms with van der Waals surface area (Å²) in [6.45, 7) is 2.97. The Morgan fingerprint density at radius 1 is 0.952 bits per heavy atom. The number of rotatable bonds is 7. The highest BCUT2D eigenvalue weighted by atomic mass is 32.1. The Hall–Kier alpha value is -4.00. The summed E-state index contributed by atoms with van der Waals surface area (Å²) < 4.78 is 6.43. The van der Waals surface area contributed by atoms with Crippen molar-refractivity contribution < 1.29 is 19.4 Å². The minimum Gasteiger partial charge on any atom is -0.507 e. The van der Waals surface area contributed by atoms with Crippen LogP contribution in [0.15, 0.2) is 95.4 Å². The Balaban J connectivity index is 1.15. The highest BCUT2D eigenvalue weighted by molar-refractivity contribution is 7.09. The van der Waals surface area contributed by atoms with E-state index < -0.39 is 0 Å². The molecule has 2 aliphatic heterocycles. The number of phenolic OH excluding ortho intramolecular Hbond substituents is 1. The number of benzene rings is 3. The van der Waals surface area contributed by atoms with Gasteiger partial charge in [0, 0.05) is 16.2 Å². The molecule has 0 spiro atoms. The fourth-order valence-electron chi connectivity index (χ4n) is 7.27. The topological polar surface area (TPSA) is 66.8 Å². The lowest BCUT2D eigenvalue weighted by Gasteiger charge is -2.30. The standard InChI is InChI=1S/C36H33NO4S/c1-22-18-29-34(36(40)37(35(29)39)20-26-10-7-17-42-26)30-21-41-32(33(22)30)16-14-24(23-8-3-2-4-9-23)19-25-13-15-31(38)28-12-6-5-11-27(25)28/h2-13,15,17,19,29-30,32,34,38H,14,16,18,20-21H2,1H3/b24-19-/t29-,30+,32-,34-/m1/s1. The Bertz CT molecular complexity index is 1720. The molecule has 4 atom stereocenters. The second kappa shape index (κ2) is 11.0. The first-order valence-corrected chi connectivity index (χ1v) is 15.5. The maximum atomic E-state index is 13.6. The maximum Gasteiger partial charge on any atom is 0.234 e. The van der Waals surface area contributed by atoms with Crippen molar-refractivity contribution in [1.82, 2.24) is 4.90 Å². The minimum absolute atomic E-state index is 0.0318. The zero-order valence-corrected chi connectivity index (χ0v) is 24.3. The molecule has 1 aliphatic carbocycles. The van der Waals surface area contributed by atoms with Crippen LogP contribution < -0.4 is 0 Å². The van der Waals surface area contributed by atoms with Crippen LogP contribution in [0, 0.1) is 17.8 Å². The minimum atomic E-state index is -0.325. The molecule has 0 radical (unpaired) electrons. The van der Waals surface area contributed by atoms with Crippen LogP contribution in [0.1, 0.15) is 42.2 Å². The number of likely N-dealkylation sites (tertiary alicyclic amines) is 1. The van der Waals surface area contributed by atoms with E-state index in [1.165, 1.54) is 21.6 Å². The normalized spacial score (nSPS) is 24.0. The van der Waals surface area contributed by atoms with Gasteiger partial charge in [-0.1, -0.05) is 78.4 Å². The van der Waals surface area contributed by atoms with E-state index in [0.29, 0.717) is 19.6 Å². The van der Waals surface area contributed by atoms with E-state index in [1.54, 1.807) is 17.4 Å². The molecule has 0 bridgehead atoms. The summed E-state index contributed by atoms with van der Waals surface area (Å²) in [5.74, 6) is -0.438. The molecule has 3 aromatic carbocycles. The molecule has 5 nitrogen and oxygen atoms in total. The summed E-state index contributed by atoms with van der Waals surface area (Å²) in [7, 11) is 0. The lowest BCUT2D eigenvalue weighted by molar-refractivity contribution is -0.140. The number of phenols is 1. The van der Waals surface area contributed by atoms with E-state index in [1.807, 2.05) is 53.9 Å². The molecule has 212 valence electrons. The molecular formula is C36H33NO4S. The van der Waals surface area contributed by atoms with E-state index in [4.69, 9.17) is 4.74 Å². The fourth-order valence-corrected chi connectivity index (χ4v) is 7.96. The summed E-state index contributed by atoms with van der Waals surface area (Å²) in [5.41, 5.74) is 5.85. The summed E-state index contributed by atoms with van der Waals surface area (Å²) in [5, 5.41) is 14.2. The summed E-state index contributed by atoms with van der Waals surface area (Å²) in [6, 6.07) is 26.0. The monoisotopic (exact) mass is 575 g/mol. The van der Waals surface area contributed by atoms with Gasteiger partial charge in [0.2, 0.25) is 11.8 Å². The van der Waals surface area contributed by atoms with Crippen LogP contribution in [-0.4, -0.2) is 34.5 Å². The van der Waals surface area contributed by atoms with Gasteiger partial charge in [0.05, 0.1) is 31.1 Å². The van der Waals surface area contributed by atoms with Gasteiger partial charge in [-0.25, -0.2) is 0 Å². The third-order valence-corrected chi connectivity index (χ3v) is 10.1. The Morgan fingerprint density at radius 3 is 2.52 bits per heavy atom. The molecule has 2 amide bonds. The van der Waals surface area contributed by atoms with Crippen molar-refractivity contribution in [2.45, 2.75) is 38.8 Å². The van der Waals surface area contributed by atoms with Gasteiger partial charge in [0.15, 0.2) is 0 Å². The first-order valence-electron chi connectivity index (χ1n) is 14.6. The highest BCUT2D eigenvalue weighted by Gasteiger charge is 2.56. The Labute approximate surface area is 249 Å². The third kappa shape index (κ3) is 4.69. The van der Waals surface area contributed by atoms with Crippen molar-refractivity contribution in [3.63, 3.8) is 0 Å². The van der Waals surface area contributed by atoms with E-state index >= 15 is 0 Å². The van der Waals surface area contributed by atoms with E-state index in [0.717, 1.165) is 39.6 Å². The largest absolute Gasteiger partial charge is 0.507 e. The number of ether oxygens (including phenoxy) is 1. The Kier molecular flexibility index (Phi) is 7.04. The van der Waals surface area contributed by atoms with E-state index in [-0.39, 0.29) is 41.4 Å². The number of amides is 2. The van der Waals surface area contributed by atoms with Crippen molar-refractivity contribution in [2.75, 3.05) is 6.61 Å². The average Bonchev–Trinajstić information content (AvgIpc) is 3.74. The second-order valence-electron chi connectivity index (χ2n) is 11.6. The van der Waals surface area contributed by atoms with Crippen molar-refractivity contribution in [2.24, 2.45) is 17.8 Å². The molecule has 1 N–H and O–H groups in total. The van der Waals surface area contributed by atoms with E-state index in [9.17, 15) is 14.7 Å². The summed E-state index contributed by atoms with van der Waals surface area (Å²) >= 11 is 1.58. The van der Waals surface area contributed by atoms with Gasteiger partial charge < -0.3 is 9.84 Å². The van der Waals surface area contributed by atoms with Crippen LogP contribution in [0.5, 0.6) is 5.75 Å². The smallest absolute Gasteiger partial charge is 0.234 e. The SMILES string of the molecule is CC1=C2[C@@H](CC/C(=C/c3ccc(O)c4ccccc34)c3ccccc3)OC[C@@H]2[C@@H]2C(=O)N(Cc3cccs3)C(=O)[C@@H]2C1. The molecule has 2 saturated heterocycles. The van der Waals surface area contributed by atoms with Crippen molar-refractivity contribution in [3.8, 4) is 5.75 Å². The number of carbonyl (C=O) groups is 2. The predicted molar refractivity (Wildman–Crippen MR) is 167 cm³/mol. The highest BCUT2D eigenvalue weighted by Crippen LogP contribution is 2.50.